The molecule has 0 saturated heterocycles. The number of benzene rings is 1. The van der Waals surface area contributed by atoms with E-state index in [0.29, 0.717) is 27.8 Å². The third-order valence-corrected chi connectivity index (χ3v) is 6.02. The van der Waals surface area contributed by atoms with E-state index in [1.165, 1.54) is 23.1 Å². The maximum absolute atomic E-state index is 13.1. The van der Waals surface area contributed by atoms with Crippen LogP contribution in [0.1, 0.15) is 26.3 Å². The minimum absolute atomic E-state index is 0.0504. The number of carbonyl (C=O) groups is 1. The van der Waals surface area contributed by atoms with Crippen LogP contribution in [0.2, 0.25) is 0 Å². The Morgan fingerprint density at radius 1 is 1.26 bits per heavy atom. The van der Waals surface area contributed by atoms with Crippen molar-refractivity contribution >= 4 is 39.2 Å². The smallest absolute Gasteiger partial charge is 0.267 e. The lowest BCUT2D eigenvalue weighted by Crippen LogP contribution is -2.34. The van der Waals surface area contributed by atoms with E-state index in [1.54, 1.807) is 10.6 Å². The highest BCUT2D eigenvalue weighted by Gasteiger charge is 2.21. The normalized spacial score (nSPS) is 12.5. The van der Waals surface area contributed by atoms with Gasteiger partial charge in [-0.3, -0.25) is 14.2 Å². The van der Waals surface area contributed by atoms with Crippen LogP contribution in [0.25, 0.3) is 15.9 Å². The van der Waals surface area contributed by atoms with Gasteiger partial charge in [0.2, 0.25) is 5.91 Å². The van der Waals surface area contributed by atoms with Crippen LogP contribution in [0.5, 0.6) is 0 Å². The van der Waals surface area contributed by atoms with Crippen molar-refractivity contribution in [2.75, 3.05) is 6.54 Å². The zero-order valence-electron chi connectivity index (χ0n) is 15.9. The van der Waals surface area contributed by atoms with E-state index in [0.717, 1.165) is 11.3 Å². The largest absolute Gasteiger partial charge is 0.355 e. The molecule has 0 aliphatic heterocycles. The van der Waals surface area contributed by atoms with E-state index in [9.17, 15) is 9.59 Å². The average Bonchev–Trinajstić information content (AvgIpc) is 3.09. The van der Waals surface area contributed by atoms with Gasteiger partial charge >= 0.3 is 0 Å². The Kier molecular flexibility index (Phi) is 6.01. The highest BCUT2D eigenvalue weighted by Crippen LogP contribution is 2.27. The number of amides is 1. The van der Waals surface area contributed by atoms with Crippen molar-refractivity contribution < 1.29 is 4.79 Å². The lowest BCUT2D eigenvalue weighted by Gasteiger charge is -2.17. The number of thioether (sulfide) groups is 1. The molecule has 5 nitrogen and oxygen atoms in total. The zero-order valence-corrected chi connectivity index (χ0v) is 17.5. The van der Waals surface area contributed by atoms with Crippen LogP contribution in [-0.4, -0.2) is 27.3 Å². The topological polar surface area (TPSA) is 64.0 Å². The summed E-state index contributed by atoms with van der Waals surface area (Å²) in [6, 6.07) is 9.52. The Labute approximate surface area is 166 Å². The predicted molar refractivity (Wildman–Crippen MR) is 113 cm³/mol. The number of hydrogen-bond acceptors (Lipinski definition) is 5. The van der Waals surface area contributed by atoms with E-state index in [-0.39, 0.29) is 16.7 Å². The van der Waals surface area contributed by atoms with Gasteiger partial charge < -0.3 is 5.32 Å². The van der Waals surface area contributed by atoms with Gasteiger partial charge in [-0.15, -0.1) is 11.3 Å². The Morgan fingerprint density at radius 2 is 2.00 bits per heavy atom. The summed E-state index contributed by atoms with van der Waals surface area (Å²) in [5.41, 5.74) is 1.67. The number of thiophene rings is 1. The number of fused-ring (bicyclic) bond motifs is 1. The van der Waals surface area contributed by atoms with Gasteiger partial charge in [-0.25, -0.2) is 4.98 Å². The fourth-order valence-electron chi connectivity index (χ4n) is 2.66. The standard InChI is InChI=1S/C20H23N3O2S2/c1-12(2)11-21-17(24)14(4)27-20-22-18-15(9-10-26-18)19(25)23(20)16-8-6-5-7-13(16)3/h5-10,12,14H,11H2,1-4H3,(H,21,24). The molecule has 2 heterocycles. The molecule has 1 N–H and O–H groups in total. The minimum atomic E-state index is -0.358. The number of aromatic nitrogens is 2. The van der Waals surface area contributed by atoms with Crippen LogP contribution >= 0.6 is 23.1 Å². The number of rotatable bonds is 6. The van der Waals surface area contributed by atoms with Crippen molar-refractivity contribution in [3.8, 4) is 5.69 Å². The van der Waals surface area contributed by atoms with Crippen molar-refractivity contribution in [3.05, 3.63) is 51.6 Å². The maximum Gasteiger partial charge on any atom is 0.267 e. The summed E-state index contributed by atoms with van der Waals surface area (Å²) in [5.74, 6) is 0.336. The molecule has 1 atom stereocenters. The second-order valence-electron chi connectivity index (χ2n) is 6.86. The summed E-state index contributed by atoms with van der Waals surface area (Å²) < 4.78 is 1.63. The van der Waals surface area contributed by atoms with E-state index in [4.69, 9.17) is 4.98 Å². The van der Waals surface area contributed by atoms with Crippen molar-refractivity contribution in [3.63, 3.8) is 0 Å². The molecule has 0 bridgehead atoms. The molecule has 1 unspecified atom stereocenters. The van der Waals surface area contributed by atoms with E-state index < -0.39 is 0 Å². The third-order valence-electron chi connectivity index (χ3n) is 4.16. The Bertz CT molecular complexity index is 1020. The number of hydrogen-bond donors (Lipinski definition) is 1. The van der Waals surface area contributed by atoms with Gasteiger partial charge in [0.25, 0.3) is 5.56 Å². The molecular formula is C20H23N3O2S2. The number of aryl methyl sites for hydroxylation is 1. The Hall–Kier alpha value is -2.12. The summed E-state index contributed by atoms with van der Waals surface area (Å²) in [6.07, 6.45) is 0. The molecule has 2 aromatic heterocycles. The molecule has 142 valence electrons. The second kappa shape index (κ2) is 8.27. The van der Waals surface area contributed by atoms with Gasteiger partial charge in [0.05, 0.1) is 16.3 Å². The van der Waals surface area contributed by atoms with Crippen LogP contribution in [-0.2, 0) is 4.79 Å². The zero-order chi connectivity index (χ0) is 19.6. The molecule has 0 aliphatic carbocycles. The van der Waals surface area contributed by atoms with E-state index in [1.807, 2.05) is 43.5 Å². The van der Waals surface area contributed by atoms with Crippen LogP contribution in [0.15, 0.2) is 45.7 Å². The SMILES string of the molecule is Cc1ccccc1-n1c(SC(C)C(=O)NCC(C)C)nc2sccc2c1=O. The average molecular weight is 402 g/mol. The van der Waals surface area contributed by atoms with Gasteiger partial charge in [-0.1, -0.05) is 43.8 Å². The molecule has 0 saturated carbocycles. The van der Waals surface area contributed by atoms with Crippen molar-refractivity contribution in [2.24, 2.45) is 5.92 Å². The molecule has 0 radical (unpaired) electrons. The summed E-state index contributed by atoms with van der Waals surface area (Å²) in [6.45, 7) is 8.55. The molecule has 3 rings (SSSR count). The molecule has 3 aromatic rings. The van der Waals surface area contributed by atoms with E-state index in [2.05, 4.69) is 19.2 Å². The van der Waals surface area contributed by atoms with Gasteiger partial charge in [0, 0.05) is 6.54 Å². The van der Waals surface area contributed by atoms with Crippen LogP contribution < -0.4 is 10.9 Å². The lowest BCUT2D eigenvalue weighted by atomic mass is 10.2. The van der Waals surface area contributed by atoms with Gasteiger partial charge in [0.1, 0.15) is 4.83 Å². The first-order valence-corrected chi connectivity index (χ1v) is 10.6. The summed E-state index contributed by atoms with van der Waals surface area (Å²) in [4.78, 5) is 31.0. The Morgan fingerprint density at radius 3 is 2.70 bits per heavy atom. The summed E-state index contributed by atoms with van der Waals surface area (Å²) >= 11 is 2.75. The quantitative estimate of drug-likeness (QED) is 0.501. The molecule has 0 fully saturated rings. The molecule has 1 aromatic carbocycles. The molecule has 0 spiro atoms. The molecule has 27 heavy (non-hydrogen) atoms. The van der Waals surface area contributed by atoms with Gasteiger partial charge in [-0.2, -0.15) is 0 Å². The number of nitrogens with one attached hydrogen (secondary N) is 1. The van der Waals surface area contributed by atoms with Crippen molar-refractivity contribution in [1.82, 2.24) is 14.9 Å². The number of nitrogens with zero attached hydrogens (tertiary/aromatic N) is 2. The molecule has 1 amide bonds. The number of para-hydroxylation sites is 1. The van der Waals surface area contributed by atoms with Crippen molar-refractivity contribution in [2.45, 2.75) is 38.1 Å². The Balaban J connectivity index is 2.04. The highest BCUT2D eigenvalue weighted by atomic mass is 32.2. The first-order chi connectivity index (χ1) is 12.9. The van der Waals surface area contributed by atoms with Gasteiger partial charge in [-0.05, 0) is 42.8 Å². The third kappa shape index (κ3) is 4.25. The molecular weight excluding hydrogens is 378 g/mol. The molecule has 7 heteroatoms. The number of carbonyl (C=O) groups excluding carboxylic acids is 1. The lowest BCUT2D eigenvalue weighted by molar-refractivity contribution is -0.120. The fraction of sp³-hybridized carbons (Fsp3) is 0.350. The van der Waals surface area contributed by atoms with Crippen molar-refractivity contribution in [1.29, 1.82) is 0 Å². The predicted octanol–water partition coefficient (Wildman–Crippen LogP) is 4.01. The fourth-order valence-corrected chi connectivity index (χ4v) is 4.41. The van der Waals surface area contributed by atoms with Crippen LogP contribution in [0, 0.1) is 12.8 Å². The van der Waals surface area contributed by atoms with Crippen LogP contribution in [0.4, 0.5) is 0 Å². The second-order valence-corrected chi connectivity index (χ2v) is 9.06. The van der Waals surface area contributed by atoms with E-state index >= 15 is 0 Å². The first kappa shape index (κ1) is 19.6. The first-order valence-electron chi connectivity index (χ1n) is 8.89. The summed E-state index contributed by atoms with van der Waals surface area (Å²) in [5, 5.41) is 5.60. The summed E-state index contributed by atoms with van der Waals surface area (Å²) in [7, 11) is 0. The van der Waals surface area contributed by atoms with Crippen LogP contribution in [0.3, 0.4) is 0 Å². The maximum atomic E-state index is 13.1. The van der Waals surface area contributed by atoms with Gasteiger partial charge in [0.15, 0.2) is 5.16 Å². The highest BCUT2D eigenvalue weighted by molar-refractivity contribution is 8.00. The minimum Gasteiger partial charge on any atom is -0.355 e. The molecule has 0 aliphatic rings. The monoisotopic (exact) mass is 401 g/mol.